The first-order chi connectivity index (χ1) is 12.1. The molecule has 1 aliphatic rings. The summed E-state index contributed by atoms with van der Waals surface area (Å²) in [4.78, 5) is 4.69. The Bertz CT molecular complexity index is 707. The summed E-state index contributed by atoms with van der Waals surface area (Å²) in [6.07, 6.45) is 4.08. The zero-order chi connectivity index (χ0) is 17.8. The van der Waals surface area contributed by atoms with Crippen LogP contribution in [-0.4, -0.2) is 33.5 Å². The number of hydrogen-bond acceptors (Lipinski definition) is 4. The first kappa shape index (κ1) is 21.2. The van der Waals surface area contributed by atoms with E-state index < -0.39 is 0 Å². The summed E-state index contributed by atoms with van der Waals surface area (Å²) in [5.74, 6) is 2.13. The van der Waals surface area contributed by atoms with Crippen LogP contribution in [0.2, 0.25) is 5.02 Å². The molecule has 1 heterocycles. The molecular formula is C19H28Cl2N4O. The van der Waals surface area contributed by atoms with Crippen molar-refractivity contribution in [2.45, 2.75) is 64.1 Å². The standard InChI is InChI=1S/C19H27ClN4O.ClH/c1-3-10-25-18-9-8-14(11-17(18)21)19-22-13(2)23-24(19)12-15-6-4-5-7-16(15)20;/h4-7,14,17-18H,3,8-12,21H2,1-2H3;1H/t14-,17+,18+;/m0./s1. The summed E-state index contributed by atoms with van der Waals surface area (Å²) in [7, 11) is 0. The molecule has 0 aliphatic heterocycles. The van der Waals surface area contributed by atoms with E-state index in [1.54, 1.807) is 0 Å². The first-order valence-corrected chi connectivity index (χ1v) is 9.48. The van der Waals surface area contributed by atoms with E-state index in [2.05, 4.69) is 12.0 Å². The van der Waals surface area contributed by atoms with Crippen molar-refractivity contribution < 1.29 is 4.74 Å². The predicted molar refractivity (Wildman–Crippen MR) is 107 cm³/mol. The van der Waals surface area contributed by atoms with Crippen LogP contribution in [0.3, 0.4) is 0 Å². The quantitative estimate of drug-likeness (QED) is 0.794. The highest BCUT2D eigenvalue weighted by atomic mass is 35.5. The van der Waals surface area contributed by atoms with Gasteiger partial charge in [-0.25, -0.2) is 9.67 Å². The maximum atomic E-state index is 6.38. The van der Waals surface area contributed by atoms with Gasteiger partial charge in [-0.1, -0.05) is 36.7 Å². The number of benzene rings is 1. The fourth-order valence-corrected chi connectivity index (χ4v) is 3.76. The second-order valence-electron chi connectivity index (χ2n) is 6.85. The van der Waals surface area contributed by atoms with Gasteiger partial charge in [0.1, 0.15) is 11.6 Å². The Labute approximate surface area is 166 Å². The van der Waals surface area contributed by atoms with Gasteiger partial charge in [0, 0.05) is 23.6 Å². The molecule has 144 valence electrons. The molecule has 5 nitrogen and oxygen atoms in total. The van der Waals surface area contributed by atoms with Crippen molar-refractivity contribution in [1.29, 1.82) is 0 Å². The van der Waals surface area contributed by atoms with Gasteiger partial charge in [0.25, 0.3) is 0 Å². The molecule has 0 amide bonds. The normalized spacial score (nSPS) is 22.8. The molecule has 2 aromatic rings. The lowest BCUT2D eigenvalue weighted by atomic mass is 9.83. The minimum atomic E-state index is 0. The zero-order valence-electron chi connectivity index (χ0n) is 15.4. The highest BCUT2D eigenvalue weighted by molar-refractivity contribution is 6.31. The highest BCUT2D eigenvalue weighted by Gasteiger charge is 2.32. The number of rotatable bonds is 6. The molecule has 1 aromatic heterocycles. The summed E-state index contributed by atoms with van der Waals surface area (Å²) >= 11 is 6.31. The number of aromatic nitrogens is 3. The smallest absolute Gasteiger partial charge is 0.147 e. The monoisotopic (exact) mass is 398 g/mol. The van der Waals surface area contributed by atoms with E-state index in [-0.39, 0.29) is 24.6 Å². The molecule has 1 fully saturated rings. The molecule has 26 heavy (non-hydrogen) atoms. The van der Waals surface area contributed by atoms with E-state index in [1.165, 1.54) is 0 Å². The number of hydrogen-bond donors (Lipinski definition) is 1. The van der Waals surface area contributed by atoms with Crippen LogP contribution in [0.1, 0.15) is 55.7 Å². The fraction of sp³-hybridized carbons (Fsp3) is 0.579. The summed E-state index contributed by atoms with van der Waals surface area (Å²) in [5, 5.41) is 5.35. The van der Waals surface area contributed by atoms with Gasteiger partial charge >= 0.3 is 0 Å². The summed E-state index contributed by atoms with van der Waals surface area (Å²) < 4.78 is 7.88. The lowest BCUT2D eigenvalue weighted by Gasteiger charge is -2.33. The van der Waals surface area contributed by atoms with Crippen LogP contribution in [0.25, 0.3) is 0 Å². The van der Waals surface area contributed by atoms with Gasteiger partial charge in [-0.3, -0.25) is 0 Å². The summed E-state index contributed by atoms with van der Waals surface area (Å²) in [5.41, 5.74) is 7.43. The van der Waals surface area contributed by atoms with Crippen LogP contribution >= 0.6 is 24.0 Å². The molecule has 0 saturated heterocycles. The topological polar surface area (TPSA) is 66.0 Å². The van der Waals surface area contributed by atoms with Crippen LogP contribution in [0.4, 0.5) is 0 Å². The molecule has 0 spiro atoms. The third-order valence-corrected chi connectivity index (χ3v) is 5.19. The number of halogens is 2. The molecule has 1 saturated carbocycles. The van der Waals surface area contributed by atoms with Crippen LogP contribution < -0.4 is 5.73 Å². The average molecular weight is 399 g/mol. The Kier molecular flexibility index (Phi) is 7.89. The Hall–Kier alpha value is -1.14. The molecule has 0 radical (unpaired) electrons. The molecule has 7 heteroatoms. The van der Waals surface area contributed by atoms with E-state index in [1.807, 2.05) is 35.9 Å². The van der Waals surface area contributed by atoms with Crippen molar-refractivity contribution in [2.24, 2.45) is 5.73 Å². The lowest BCUT2D eigenvalue weighted by Crippen LogP contribution is -2.42. The van der Waals surface area contributed by atoms with Gasteiger partial charge in [0.05, 0.1) is 12.6 Å². The molecule has 3 atom stereocenters. The third-order valence-electron chi connectivity index (χ3n) is 4.82. The largest absolute Gasteiger partial charge is 0.377 e. The molecule has 0 unspecified atom stereocenters. The number of nitrogens with two attached hydrogens (primary N) is 1. The first-order valence-electron chi connectivity index (χ1n) is 9.10. The van der Waals surface area contributed by atoms with Crippen molar-refractivity contribution in [3.8, 4) is 0 Å². The maximum absolute atomic E-state index is 6.38. The van der Waals surface area contributed by atoms with Crippen molar-refractivity contribution in [1.82, 2.24) is 14.8 Å². The predicted octanol–water partition coefficient (Wildman–Crippen LogP) is 4.10. The second-order valence-corrected chi connectivity index (χ2v) is 7.26. The minimum Gasteiger partial charge on any atom is -0.377 e. The van der Waals surface area contributed by atoms with Crippen LogP contribution in [-0.2, 0) is 11.3 Å². The van der Waals surface area contributed by atoms with Gasteiger partial charge in [-0.15, -0.1) is 12.4 Å². The van der Waals surface area contributed by atoms with E-state index >= 15 is 0 Å². The van der Waals surface area contributed by atoms with Crippen molar-refractivity contribution in [3.05, 3.63) is 46.5 Å². The van der Waals surface area contributed by atoms with Gasteiger partial charge in [-0.05, 0) is 44.2 Å². The molecule has 1 aliphatic carbocycles. The van der Waals surface area contributed by atoms with E-state index in [0.29, 0.717) is 12.5 Å². The van der Waals surface area contributed by atoms with Gasteiger partial charge in [-0.2, -0.15) is 5.10 Å². The Morgan fingerprint density at radius 1 is 1.31 bits per heavy atom. The molecule has 1 aromatic carbocycles. The summed E-state index contributed by atoms with van der Waals surface area (Å²) in [6, 6.07) is 7.93. The van der Waals surface area contributed by atoms with Crippen LogP contribution in [0.5, 0.6) is 0 Å². The zero-order valence-corrected chi connectivity index (χ0v) is 17.0. The van der Waals surface area contributed by atoms with Gasteiger partial charge < -0.3 is 10.5 Å². The van der Waals surface area contributed by atoms with E-state index in [0.717, 1.165) is 54.5 Å². The molecule has 3 rings (SSSR count). The Morgan fingerprint density at radius 3 is 2.77 bits per heavy atom. The minimum absolute atomic E-state index is 0. The number of aryl methyl sites for hydroxylation is 1. The van der Waals surface area contributed by atoms with Crippen LogP contribution in [0, 0.1) is 6.92 Å². The summed E-state index contributed by atoms with van der Waals surface area (Å²) in [6.45, 7) is 5.47. The number of nitrogens with zero attached hydrogens (tertiary/aromatic N) is 3. The number of ether oxygens (including phenoxy) is 1. The van der Waals surface area contributed by atoms with Gasteiger partial charge in [0.2, 0.25) is 0 Å². The molecule has 2 N–H and O–H groups in total. The SMILES string of the molecule is CCCO[C@@H]1CC[C@H](c2nc(C)nn2Cc2ccccc2Cl)C[C@H]1N.Cl. The Balaban J connectivity index is 0.00000243. The average Bonchev–Trinajstić information content (AvgIpc) is 2.96. The van der Waals surface area contributed by atoms with E-state index in [9.17, 15) is 0 Å². The third kappa shape index (κ3) is 4.97. The van der Waals surface area contributed by atoms with Crippen molar-refractivity contribution in [3.63, 3.8) is 0 Å². The second kappa shape index (κ2) is 9.70. The van der Waals surface area contributed by atoms with Crippen molar-refractivity contribution in [2.75, 3.05) is 6.61 Å². The van der Waals surface area contributed by atoms with Crippen LogP contribution in [0.15, 0.2) is 24.3 Å². The highest BCUT2D eigenvalue weighted by Crippen LogP contribution is 2.33. The lowest BCUT2D eigenvalue weighted by molar-refractivity contribution is 0.0107. The molecule has 0 bridgehead atoms. The fourth-order valence-electron chi connectivity index (χ4n) is 3.57. The molecular weight excluding hydrogens is 371 g/mol. The Morgan fingerprint density at radius 2 is 2.08 bits per heavy atom. The van der Waals surface area contributed by atoms with Crippen molar-refractivity contribution >= 4 is 24.0 Å². The maximum Gasteiger partial charge on any atom is 0.147 e. The van der Waals surface area contributed by atoms with Gasteiger partial charge in [0.15, 0.2) is 0 Å². The van der Waals surface area contributed by atoms with E-state index in [4.69, 9.17) is 27.1 Å².